The fraction of sp³-hybridized carbons (Fsp3) is 0.333. The number of nitrogens with one attached hydrogen (secondary N) is 1. The molecule has 0 bridgehead atoms. The quantitative estimate of drug-likeness (QED) is 0.825. The third-order valence-electron chi connectivity index (χ3n) is 2.94. The van der Waals surface area contributed by atoms with Gasteiger partial charge >= 0.3 is 0 Å². The van der Waals surface area contributed by atoms with E-state index in [0.29, 0.717) is 0 Å². The summed E-state index contributed by atoms with van der Waals surface area (Å²) in [6.45, 7) is 0. The van der Waals surface area contributed by atoms with Crippen molar-refractivity contribution in [3.63, 3.8) is 0 Å². The predicted molar refractivity (Wildman–Crippen MR) is 62.7 cm³/mol. The molecular formula is C12H13FN2O4. The van der Waals surface area contributed by atoms with Gasteiger partial charge in [0.05, 0.1) is 12.7 Å². The molecule has 1 N–H and O–H groups in total. The topological polar surface area (TPSA) is 67.9 Å². The normalized spacial score (nSPS) is 17.1. The molecule has 7 heteroatoms. The number of hydrogen-bond acceptors (Lipinski definition) is 4. The first-order chi connectivity index (χ1) is 8.99. The van der Waals surface area contributed by atoms with E-state index in [1.807, 2.05) is 0 Å². The van der Waals surface area contributed by atoms with Gasteiger partial charge in [-0.15, -0.1) is 0 Å². The minimum Gasteiger partial charge on any atom is -0.357 e. The molecule has 0 aliphatic carbocycles. The molecule has 0 saturated carbocycles. The Bertz CT molecular complexity index is 547. The lowest BCUT2D eigenvalue weighted by atomic mass is 10.0. The fourth-order valence-electron chi connectivity index (χ4n) is 1.91. The maximum Gasteiger partial charge on any atom is 0.277 e. The van der Waals surface area contributed by atoms with E-state index in [-0.39, 0.29) is 16.7 Å². The molecule has 1 aromatic rings. The monoisotopic (exact) mass is 268 g/mol. The summed E-state index contributed by atoms with van der Waals surface area (Å²) >= 11 is 0. The number of methoxy groups -OCH3 is 1. The van der Waals surface area contributed by atoms with Crippen LogP contribution in [0.5, 0.6) is 0 Å². The summed E-state index contributed by atoms with van der Waals surface area (Å²) in [5.41, 5.74) is 0.247. The van der Waals surface area contributed by atoms with Crippen molar-refractivity contribution in [2.45, 2.75) is 6.23 Å². The lowest BCUT2D eigenvalue weighted by Crippen LogP contribution is -2.25. The van der Waals surface area contributed by atoms with Gasteiger partial charge < -0.3 is 10.1 Å². The van der Waals surface area contributed by atoms with E-state index >= 15 is 0 Å². The highest BCUT2D eigenvalue weighted by atomic mass is 19.1. The summed E-state index contributed by atoms with van der Waals surface area (Å²) in [6, 6.07) is 2.38. The van der Waals surface area contributed by atoms with Gasteiger partial charge in [-0.05, 0) is 12.1 Å². The Hall–Kier alpha value is -1.99. The van der Waals surface area contributed by atoms with Gasteiger partial charge in [0.1, 0.15) is 5.82 Å². The fourth-order valence-corrected chi connectivity index (χ4v) is 1.91. The molecule has 1 aliphatic heterocycles. The van der Waals surface area contributed by atoms with E-state index in [9.17, 15) is 14.0 Å². The number of nitrogens with zero attached hydrogens (tertiary/aromatic N) is 1. The standard InChI is InChI=1S/C12H13FN2O4/c1-15(19-3)12(17)6-4-7-9(8(13)5-6)11(18-2)14-10(7)16/h4-5,11H,1-3H3,(H,14,16). The average molecular weight is 268 g/mol. The first-order valence-corrected chi connectivity index (χ1v) is 5.48. The Kier molecular flexibility index (Phi) is 3.50. The minimum atomic E-state index is -0.827. The molecule has 102 valence electrons. The number of carbonyl (C=O) groups excluding carboxylic acids is 2. The van der Waals surface area contributed by atoms with E-state index in [0.717, 1.165) is 11.1 Å². The number of carbonyl (C=O) groups is 2. The maximum atomic E-state index is 14.0. The second kappa shape index (κ2) is 4.94. The summed E-state index contributed by atoms with van der Waals surface area (Å²) in [5, 5.41) is 3.41. The van der Waals surface area contributed by atoms with Crippen LogP contribution in [0.3, 0.4) is 0 Å². The molecule has 1 aliphatic rings. The number of amides is 2. The summed E-state index contributed by atoms with van der Waals surface area (Å²) in [5.74, 6) is -1.69. The van der Waals surface area contributed by atoms with Gasteiger partial charge in [-0.1, -0.05) is 0 Å². The van der Waals surface area contributed by atoms with E-state index in [1.54, 1.807) is 0 Å². The SMILES string of the molecule is COC1NC(=O)c2cc(C(=O)N(C)OC)cc(F)c21. The van der Waals surface area contributed by atoms with Crippen LogP contribution in [-0.4, -0.2) is 38.1 Å². The van der Waals surface area contributed by atoms with Crippen molar-refractivity contribution in [1.29, 1.82) is 0 Å². The number of hydrogen-bond donors (Lipinski definition) is 1. The van der Waals surface area contributed by atoms with Crippen LogP contribution in [0.15, 0.2) is 12.1 Å². The van der Waals surface area contributed by atoms with Crippen LogP contribution in [0.1, 0.15) is 32.5 Å². The van der Waals surface area contributed by atoms with Crippen LogP contribution in [0.2, 0.25) is 0 Å². The van der Waals surface area contributed by atoms with Crippen LogP contribution in [0, 0.1) is 5.82 Å². The van der Waals surface area contributed by atoms with E-state index < -0.39 is 23.9 Å². The number of halogens is 1. The zero-order chi connectivity index (χ0) is 14.2. The van der Waals surface area contributed by atoms with Gasteiger partial charge in [-0.25, -0.2) is 9.45 Å². The van der Waals surface area contributed by atoms with E-state index in [2.05, 4.69) is 5.32 Å². The van der Waals surface area contributed by atoms with Crippen molar-refractivity contribution < 1.29 is 23.6 Å². The molecule has 0 aromatic heterocycles. The lowest BCUT2D eigenvalue weighted by molar-refractivity contribution is -0.0757. The molecule has 1 heterocycles. The van der Waals surface area contributed by atoms with Crippen molar-refractivity contribution >= 4 is 11.8 Å². The summed E-state index contributed by atoms with van der Waals surface area (Å²) in [7, 11) is 4.07. The minimum absolute atomic E-state index is 0.0347. The third-order valence-corrected chi connectivity index (χ3v) is 2.94. The Morgan fingerprint density at radius 1 is 1.42 bits per heavy atom. The van der Waals surface area contributed by atoms with Gasteiger partial charge in [0, 0.05) is 25.3 Å². The number of hydroxylamine groups is 2. The van der Waals surface area contributed by atoms with Gasteiger partial charge in [0.15, 0.2) is 6.23 Å². The van der Waals surface area contributed by atoms with Crippen molar-refractivity contribution in [2.75, 3.05) is 21.3 Å². The molecule has 19 heavy (non-hydrogen) atoms. The highest BCUT2D eigenvalue weighted by Gasteiger charge is 2.33. The Morgan fingerprint density at radius 2 is 2.11 bits per heavy atom. The van der Waals surface area contributed by atoms with E-state index in [1.165, 1.54) is 27.3 Å². The van der Waals surface area contributed by atoms with Crippen LogP contribution >= 0.6 is 0 Å². The first-order valence-electron chi connectivity index (χ1n) is 5.48. The number of benzene rings is 1. The molecule has 1 unspecified atom stereocenters. The molecule has 2 rings (SSSR count). The molecule has 0 spiro atoms. The van der Waals surface area contributed by atoms with Gasteiger partial charge in [-0.3, -0.25) is 14.4 Å². The second-order valence-corrected chi connectivity index (χ2v) is 3.99. The predicted octanol–water partition coefficient (Wildman–Crippen LogP) is 0.847. The van der Waals surface area contributed by atoms with Crippen LogP contribution in [0.4, 0.5) is 4.39 Å². The van der Waals surface area contributed by atoms with Crippen LogP contribution in [0.25, 0.3) is 0 Å². The Morgan fingerprint density at radius 3 is 2.68 bits per heavy atom. The number of fused-ring (bicyclic) bond motifs is 1. The molecule has 0 fully saturated rings. The second-order valence-electron chi connectivity index (χ2n) is 3.99. The molecule has 0 saturated heterocycles. The van der Waals surface area contributed by atoms with Crippen molar-refractivity contribution in [1.82, 2.24) is 10.4 Å². The first kappa shape index (κ1) is 13.4. The zero-order valence-corrected chi connectivity index (χ0v) is 10.7. The van der Waals surface area contributed by atoms with Gasteiger partial charge in [0.2, 0.25) is 0 Å². The van der Waals surface area contributed by atoms with Crippen molar-refractivity contribution in [3.05, 3.63) is 34.6 Å². The maximum absolute atomic E-state index is 14.0. The summed E-state index contributed by atoms with van der Waals surface area (Å²) < 4.78 is 19.0. The number of rotatable bonds is 3. The zero-order valence-electron chi connectivity index (χ0n) is 10.7. The molecule has 0 radical (unpaired) electrons. The summed E-state index contributed by atoms with van der Waals surface area (Å²) in [6.07, 6.45) is -0.827. The van der Waals surface area contributed by atoms with Crippen LogP contribution < -0.4 is 5.32 Å². The third kappa shape index (κ3) is 2.18. The Balaban J connectivity index is 2.48. The molecular weight excluding hydrogens is 255 g/mol. The van der Waals surface area contributed by atoms with Crippen molar-refractivity contribution in [2.24, 2.45) is 0 Å². The molecule has 6 nitrogen and oxygen atoms in total. The van der Waals surface area contributed by atoms with Crippen molar-refractivity contribution in [3.8, 4) is 0 Å². The molecule has 2 amide bonds. The highest BCUT2D eigenvalue weighted by Crippen LogP contribution is 2.29. The lowest BCUT2D eigenvalue weighted by Gasteiger charge is -2.14. The number of ether oxygens (including phenoxy) is 1. The highest BCUT2D eigenvalue weighted by molar-refractivity contribution is 6.02. The molecule has 1 aromatic carbocycles. The summed E-state index contributed by atoms with van der Waals surface area (Å²) in [4.78, 5) is 28.3. The van der Waals surface area contributed by atoms with Gasteiger partial charge in [0.25, 0.3) is 11.8 Å². The molecule has 1 atom stereocenters. The van der Waals surface area contributed by atoms with Gasteiger partial charge in [-0.2, -0.15) is 0 Å². The average Bonchev–Trinajstić information content (AvgIpc) is 2.74. The smallest absolute Gasteiger partial charge is 0.277 e. The van der Waals surface area contributed by atoms with Crippen LogP contribution in [-0.2, 0) is 9.57 Å². The Labute approximate surface area is 109 Å². The van der Waals surface area contributed by atoms with E-state index in [4.69, 9.17) is 9.57 Å². The largest absolute Gasteiger partial charge is 0.357 e.